The van der Waals surface area contributed by atoms with E-state index in [0.717, 1.165) is 32.5 Å². The molecule has 0 unspecified atom stereocenters. The summed E-state index contributed by atoms with van der Waals surface area (Å²) in [6.45, 7) is 2.35. The third-order valence-corrected chi connectivity index (χ3v) is 3.82. The molecule has 0 atom stereocenters. The highest BCUT2D eigenvalue weighted by molar-refractivity contribution is 5.92. The summed E-state index contributed by atoms with van der Waals surface area (Å²) in [6.07, 6.45) is 1.99. The van der Waals surface area contributed by atoms with Crippen LogP contribution in [0.3, 0.4) is 0 Å². The molecule has 0 bridgehead atoms. The smallest absolute Gasteiger partial charge is 0.271 e. The van der Waals surface area contributed by atoms with E-state index in [0.29, 0.717) is 12.1 Å². The van der Waals surface area contributed by atoms with Gasteiger partial charge >= 0.3 is 0 Å². The first-order valence-electron chi connectivity index (χ1n) is 7.25. The number of hydrogen-bond acceptors (Lipinski definition) is 5. The Balaban J connectivity index is 1.87. The number of piperidine rings is 1. The molecule has 1 N–H and O–H groups in total. The first-order valence-corrected chi connectivity index (χ1v) is 7.25. The first-order chi connectivity index (χ1) is 10.6. The van der Waals surface area contributed by atoms with Gasteiger partial charge in [0.05, 0.1) is 11.0 Å². The van der Waals surface area contributed by atoms with Crippen molar-refractivity contribution >= 4 is 17.3 Å². The summed E-state index contributed by atoms with van der Waals surface area (Å²) in [6, 6.07) is 8.07. The van der Waals surface area contributed by atoms with E-state index in [2.05, 4.69) is 16.3 Å². The van der Waals surface area contributed by atoms with Gasteiger partial charge in [-0.3, -0.25) is 14.9 Å². The number of benzene rings is 1. The molecule has 7 nitrogen and oxygen atoms in total. The monoisotopic (exact) mass is 302 g/mol. The quantitative estimate of drug-likeness (QED) is 0.663. The van der Waals surface area contributed by atoms with Crippen LogP contribution in [0.2, 0.25) is 0 Å². The molecular weight excluding hydrogens is 284 g/mol. The fourth-order valence-electron chi connectivity index (χ4n) is 2.57. The second kappa shape index (κ2) is 7.52. The van der Waals surface area contributed by atoms with Gasteiger partial charge in [0.15, 0.2) is 0 Å². The molecule has 0 aromatic heterocycles. The summed E-state index contributed by atoms with van der Waals surface area (Å²) in [4.78, 5) is 24.6. The van der Waals surface area contributed by atoms with Crippen molar-refractivity contribution in [3.05, 3.63) is 34.4 Å². The SMILES string of the molecule is N#CCCN1CCC(C(=O)Nc2cccc([N+](=O)[O-])c2)CC1. The van der Waals surface area contributed by atoms with Crippen molar-refractivity contribution in [3.63, 3.8) is 0 Å². The van der Waals surface area contributed by atoms with Gasteiger partial charge in [0.1, 0.15) is 0 Å². The van der Waals surface area contributed by atoms with Crippen LogP contribution in [0, 0.1) is 27.4 Å². The fraction of sp³-hybridized carbons (Fsp3) is 0.467. The highest BCUT2D eigenvalue weighted by Gasteiger charge is 2.25. The lowest BCUT2D eigenvalue weighted by Gasteiger charge is -2.30. The molecule has 1 amide bonds. The van der Waals surface area contributed by atoms with Crippen molar-refractivity contribution in [2.24, 2.45) is 5.92 Å². The van der Waals surface area contributed by atoms with Crippen molar-refractivity contribution in [2.45, 2.75) is 19.3 Å². The number of hydrogen-bond donors (Lipinski definition) is 1. The van der Waals surface area contributed by atoms with Crippen molar-refractivity contribution in [2.75, 3.05) is 25.0 Å². The van der Waals surface area contributed by atoms with Crippen LogP contribution < -0.4 is 5.32 Å². The number of rotatable bonds is 5. The minimum absolute atomic E-state index is 0.0378. The number of anilines is 1. The van der Waals surface area contributed by atoms with Crippen LogP contribution in [-0.4, -0.2) is 35.4 Å². The minimum atomic E-state index is -0.483. The maximum atomic E-state index is 12.2. The second-order valence-corrected chi connectivity index (χ2v) is 5.32. The van der Waals surface area contributed by atoms with Crippen LogP contribution in [0.15, 0.2) is 24.3 Å². The largest absolute Gasteiger partial charge is 0.326 e. The minimum Gasteiger partial charge on any atom is -0.326 e. The molecule has 1 saturated heterocycles. The average molecular weight is 302 g/mol. The lowest BCUT2D eigenvalue weighted by Crippen LogP contribution is -2.38. The molecule has 116 valence electrons. The molecule has 1 fully saturated rings. The molecule has 1 heterocycles. The summed E-state index contributed by atoms with van der Waals surface area (Å²) >= 11 is 0. The van der Waals surface area contributed by atoms with Gasteiger partial charge < -0.3 is 10.2 Å². The first kappa shape index (κ1) is 15.9. The Bertz CT molecular complexity index is 589. The maximum absolute atomic E-state index is 12.2. The summed E-state index contributed by atoms with van der Waals surface area (Å²) < 4.78 is 0. The van der Waals surface area contributed by atoms with Gasteiger partial charge in [-0.25, -0.2) is 0 Å². The predicted molar refractivity (Wildman–Crippen MR) is 81.1 cm³/mol. The highest BCUT2D eigenvalue weighted by atomic mass is 16.6. The molecule has 1 aromatic rings. The second-order valence-electron chi connectivity index (χ2n) is 5.32. The van der Waals surface area contributed by atoms with Gasteiger partial charge in [0.2, 0.25) is 5.91 Å². The highest BCUT2D eigenvalue weighted by Crippen LogP contribution is 2.21. The van der Waals surface area contributed by atoms with Gasteiger partial charge in [-0.15, -0.1) is 0 Å². The molecule has 2 rings (SSSR count). The van der Waals surface area contributed by atoms with Crippen LogP contribution in [0.4, 0.5) is 11.4 Å². The molecule has 1 aromatic carbocycles. The normalized spacial score (nSPS) is 16.0. The Hall–Kier alpha value is -2.46. The lowest BCUT2D eigenvalue weighted by molar-refractivity contribution is -0.384. The van der Waals surface area contributed by atoms with Crippen LogP contribution in [0.25, 0.3) is 0 Å². The molecule has 0 saturated carbocycles. The van der Waals surface area contributed by atoms with E-state index in [4.69, 9.17) is 5.26 Å². The number of carbonyl (C=O) groups is 1. The molecule has 1 aliphatic rings. The summed E-state index contributed by atoms with van der Waals surface area (Å²) in [5.74, 6) is -0.182. The van der Waals surface area contributed by atoms with Gasteiger partial charge in [0.25, 0.3) is 5.69 Å². The molecule has 0 radical (unpaired) electrons. The topological polar surface area (TPSA) is 99.3 Å². The fourth-order valence-corrected chi connectivity index (χ4v) is 2.57. The molecular formula is C15H18N4O3. The van der Waals surface area contributed by atoms with Gasteiger partial charge in [-0.2, -0.15) is 5.26 Å². The van der Waals surface area contributed by atoms with E-state index in [9.17, 15) is 14.9 Å². The maximum Gasteiger partial charge on any atom is 0.271 e. The number of nitrogens with one attached hydrogen (secondary N) is 1. The van der Waals surface area contributed by atoms with Crippen molar-refractivity contribution in [1.82, 2.24) is 4.90 Å². The Morgan fingerprint density at radius 3 is 2.82 bits per heavy atom. The number of nitro benzene ring substituents is 1. The van der Waals surface area contributed by atoms with Crippen LogP contribution in [-0.2, 0) is 4.79 Å². The number of non-ortho nitro benzene ring substituents is 1. The molecule has 0 spiro atoms. The summed E-state index contributed by atoms with van der Waals surface area (Å²) in [5.41, 5.74) is 0.412. The van der Waals surface area contributed by atoms with E-state index in [1.54, 1.807) is 12.1 Å². The van der Waals surface area contributed by atoms with E-state index in [1.165, 1.54) is 12.1 Å². The molecule has 0 aliphatic carbocycles. The Labute approximate surface area is 128 Å². The zero-order valence-corrected chi connectivity index (χ0v) is 12.2. The average Bonchev–Trinajstić information content (AvgIpc) is 2.53. The zero-order valence-electron chi connectivity index (χ0n) is 12.2. The van der Waals surface area contributed by atoms with E-state index < -0.39 is 4.92 Å². The van der Waals surface area contributed by atoms with Crippen molar-refractivity contribution < 1.29 is 9.72 Å². The number of likely N-dealkylation sites (tertiary alicyclic amines) is 1. The number of carbonyl (C=O) groups excluding carboxylic acids is 1. The van der Waals surface area contributed by atoms with Crippen molar-refractivity contribution in [1.29, 1.82) is 5.26 Å². The number of nitrogens with zero attached hydrogens (tertiary/aromatic N) is 3. The molecule has 22 heavy (non-hydrogen) atoms. The zero-order chi connectivity index (χ0) is 15.9. The van der Waals surface area contributed by atoms with Crippen LogP contribution >= 0.6 is 0 Å². The predicted octanol–water partition coefficient (Wildman–Crippen LogP) is 2.16. The Morgan fingerprint density at radius 2 is 2.18 bits per heavy atom. The molecule has 1 aliphatic heterocycles. The molecule has 7 heteroatoms. The van der Waals surface area contributed by atoms with E-state index in [-0.39, 0.29) is 17.5 Å². The lowest BCUT2D eigenvalue weighted by atomic mass is 9.95. The standard InChI is InChI=1S/C15H18N4O3/c16-7-2-8-18-9-5-12(6-10-18)15(20)17-13-3-1-4-14(11-13)19(21)22/h1,3-4,11-12H,2,5-6,8-10H2,(H,17,20). The Kier molecular flexibility index (Phi) is 5.44. The summed E-state index contributed by atoms with van der Waals surface area (Å²) in [7, 11) is 0. The van der Waals surface area contributed by atoms with Crippen molar-refractivity contribution in [3.8, 4) is 6.07 Å². The number of nitriles is 1. The van der Waals surface area contributed by atoms with E-state index >= 15 is 0 Å². The summed E-state index contributed by atoms with van der Waals surface area (Å²) in [5, 5.41) is 22.1. The van der Waals surface area contributed by atoms with Crippen LogP contribution in [0.5, 0.6) is 0 Å². The van der Waals surface area contributed by atoms with E-state index in [1.807, 2.05) is 0 Å². The third kappa shape index (κ3) is 4.27. The number of amides is 1. The van der Waals surface area contributed by atoms with Gasteiger partial charge in [-0.1, -0.05) is 6.07 Å². The Morgan fingerprint density at radius 1 is 1.45 bits per heavy atom. The van der Waals surface area contributed by atoms with Gasteiger partial charge in [-0.05, 0) is 32.0 Å². The van der Waals surface area contributed by atoms with Gasteiger partial charge in [0, 0.05) is 36.7 Å². The van der Waals surface area contributed by atoms with Crippen LogP contribution in [0.1, 0.15) is 19.3 Å². The number of nitro groups is 1. The third-order valence-electron chi connectivity index (χ3n) is 3.82.